The van der Waals surface area contributed by atoms with Gasteiger partial charge in [-0.2, -0.15) is 11.8 Å². The van der Waals surface area contributed by atoms with E-state index in [1.807, 2.05) is 0 Å². The number of benzene rings is 1. The maximum atomic E-state index is 3.48. The molecule has 2 atom stereocenters. The van der Waals surface area contributed by atoms with Gasteiger partial charge in [-0.15, -0.1) is 0 Å². The Morgan fingerprint density at radius 1 is 1.31 bits per heavy atom. The van der Waals surface area contributed by atoms with Crippen molar-refractivity contribution in [2.75, 3.05) is 17.2 Å². The van der Waals surface area contributed by atoms with Crippen molar-refractivity contribution in [3.63, 3.8) is 0 Å². The lowest BCUT2D eigenvalue weighted by Gasteiger charge is -2.39. The van der Waals surface area contributed by atoms with E-state index in [2.05, 4.69) is 70.7 Å². The predicted molar refractivity (Wildman–Crippen MR) is 77.8 cm³/mol. The molecule has 2 unspecified atom stereocenters. The summed E-state index contributed by atoms with van der Waals surface area (Å²) in [4.78, 5) is 2.53. The number of hydrogen-bond donors (Lipinski definition) is 0. The zero-order chi connectivity index (χ0) is 11.5. The quantitative estimate of drug-likeness (QED) is 0.762. The van der Waals surface area contributed by atoms with Gasteiger partial charge in [-0.3, -0.25) is 0 Å². The Morgan fingerprint density at radius 2 is 2.00 bits per heavy atom. The van der Waals surface area contributed by atoms with Crippen LogP contribution in [0.1, 0.15) is 19.4 Å². The Bertz CT molecular complexity index is 338. The molecule has 1 fully saturated rings. The van der Waals surface area contributed by atoms with Gasteiger partial charge in [0.1, 0.15) is 0 Å². The van der Waals surface area contributed by atoms with Gasteiger partial charge in [0.2, 0.25) is 0 Å². The highest BCUT2D eigenvalue weighted by atomic mass is 79.9. The highest BCUT2D eigenvalue weighted by molar-refractivity contribution is 9.08. The smallest absolute Gasteiger partial charge is 0.0378 e. The van der Waals surface area contributed by atoms with Crippen LogP contribution in [0.15, 0.2) is 24.3 Å². The molecule has 1 saturated heterocycles. The first kappa shape index (κ1) is 12.3. The van der Waals surface area contributed by atoms with Crippen LogP contribution in [0.5, 0.6) is 0 Å². The van der Waals surface area contributed by atoms with E-state index in [9.17, 15) is 0 Å². The van der Waals surface area contributed by atoms with E-state index >= 15 is 0 Å². The van der Waals surface area contributed by atoms with Crippen molar-refractivity contribution in [3.05, 3.63) is 29.8 Å². The zero-order valence-corrected chi connectivity index (χ0v) is 12.2. The van der Waals surface area contributed by atoms with Crippen LogP contribution >= 0.6 is 27.7 Å². The predicted octanol–water partition coefficient (Wildman–Crippen LogP) is 3.91. The summed E-state index contributed by atoms with van der Waals surface area (Å²) in [5.74, 6) is 1.24. The summed E-state index contributed by atoms with van der Waals surface area (Å²) in [5.41, 5.74) is 2.71. The van der Waals surface area contributed by atoms with Crippen LogP contribution in [0.25, 0.3) is 0 Å². The van der Waals surface area contributed by atoms with Crippen LogP contribution in [-0.4, -0.2) is 23.6 Å². The molecule has 0 spiro atoms. The van der Waals surface area contributed by atoms with E-state index in [1.165, 1.54) is 23.5 Å². The van der Waals surface area contributed by atoms with Crippen molar-refractivity contribution in [3.8, 4) is 0 Å². The van der Waals surface area contributed by atoms with Gasteiger partial charge in [-0.05, 0) is 24.6 Å². The Hall–Kier alpha value is -0.150. The summed E-state index contributed by atoms with van der Waals surface area (Å²) >= 11 is 5.57. The SMILES string of the molecule is CC1SCCN(c2ccc(CBr)cc2)C1C. The molecule has 2 rings (SSSR count). The summed E-state index contributed by atoms with van der Waals surface area (Å²) in [6.07, 6.45) is 0. The van der Waals surface area contributed by atoms with Gasteiger partial charge in [0.05, 0.1) is 0 Å². The monoisotopic (exact) mass is 299 g/mol. The molecular formula is C13H18BrNS. The molecule has 3 heteroatoms. The van der Waals surface area contributed by atoms with Crippen molar-refractivity contribution in [1.82, 2.24) is 0 Å². The van der Waals surface area contributed by atoms with Crippen molar-refractivity contribution in [1.29, 1.82) is 0 Å². The minimum absolute atomic E-state index is 0.633. The molecule has 0 bridgehead atoms. The average molecular weight is 300 g/mol. The number of halogens is 1. The van der Waals surface area contributed by atoms with E-state index in [0.717, 1.165) is 10.6 Å². The van der Waals surface area contributed by atoms with E-state index in [1.54, 1.807) is 0 Å². The molecule has 1 aliphatic heterocycles. The lowest BCUT2D eigenvalue weighted by molar-refractivity contribution is 0.627. The largest absolute Gasteiger partial charge is 0.367 e. The number of hydrogen-bond acceptors (Lipinski definition) is 2. The Balaban J connectivity index is 2.15. The summed E-state index contributed by atoms with van der Waals surface area (Å²) < 4.78 is 0. The summed E-state index contributed by atoms with van der Waals surface area (Å²) in [6, 6.07) is 9.55. The molecule has 0 saturated carbocycles. The third-order valence-electron chi connectivity index (χ3n) is 3.31. The summed E-state index contributed by atoms with van der Waals surface area (Å²) in [5, 5.41) is 1.67. The zero-order valence-electron chi connectivity index (χ0n) is 9.82. The lowest BCUT2D eigenvalue weighted by Crippen LogP contribution is -2.44. The van der Waals surface area contributed by atoms with Crippen molar-refractivity contribution in [2.45, 2.75) is 30.5 Å². The minimum atomic E-state index is 0.633. The van der Waals surface area contributed by atoms with Crippen molar-refractivity contribution in [2.24, 2.45) is 0 Å². The van der Waals surface area contributed by atoms with Crippen molar-refractivity contribution < 1.29 is 0 Å². The summed E-state index contributed by atoms with van der Waals surface area (Å²) in [7, 11) is 0. The second kappa shape index (κ2) is 5.46. The molecule has 0 aromatic heterocycles. The van der Waals surface area contributed by atoms with Crippen LogP contribution in [0, 0.1) is 0 Å². The molecule has 0 aliphatic carbocycles. The maximum Gasteiger partial charge on any atom is 0.0378 e. The molecule has 0 amide bonds. The average Bonchev–Trinajstić information content (AvgIpc) is 2.33. The Kier molecular flexibility index (Phi) is 4.20. The van der Waals surface area contributed by atoms with E-state index in [0.29, 0.717) is 6.04 Å². The number of thioether (sulfide) groups is 1. The fourth-order valence-electron chi connectivity index (χ4n) is 2.07. The Labute approximate surface area is 111 Å². The number of rotatable bonds is 2. The van der Waals surface area contributed by atoms with Gasteiger partial charge in [0, 0.05) is 34.6 Å². The highest BCUT2D eigenvalue weighted by Crippen LogP contribution is 2.29. The van der Waals surface area contributed by atoms with E-state index < -0.39 is 0 Å². The number of anilines is 1. The molecule has 1 aliphatic rings. The standard InChI is InChI=1S/C13H18BrNS/c1-10-11(2)16-8-7-15(10)13-5-3-12(9-14)4-6-13/h3-6,10-11H,7-9H2,1-2H3. The fourth-order valence-corrected chi connectivity index (χ4v) is 3.55. The Morgan fingerprint density at radius 3 is 2.62 bits per heavy atom. The summed E-state index contributed by atoms with van der Waals surface area (Å²) in [6.45, 7) is 5.83. The van der Waals surface area contributed by atoms with Crippen LogP contribution < -0.4 is 4.90 Å². The number of nitrogens with zero attached hydrogens (tertiary/aromatic N) is 1. The van der Waals surface area contributed by atoms with Gasteiger partial charge in [0.15, 0.2) is 0 Å². The van der Waals surface area contributed by atoms with Gasteiger partial charge in [-0.25, -0.2) is 0 Å². The third kappa shape index (κ3) is 2.57. The van der Waals surface area contributed by atoms with Crippen molar-refractivity contribution >= 4 is 33.4 Å². The first-order valence-corrected chi connectivity index (χ1v) is 7.92. The molecule has 16 heavy (non-hydrogen) atoms. The second-order valence-corrected chi connectivity index (χ2v) is 6.36. The highest BCUT2D eigenvalue weighted by Gasteiger charge is 2.24. The topological polar surface area (TPSA) is 3.24 Å². The molecular weight excluding hydrogens is 282 g/mol. The second-order valence-electron chi connectivity index (χ2n) is 4.31. The van der Waals surface area contributed by atoms with E-state index in [4.69, 9.17) is 0 Å². The van der Waals surface area contributed by atoms with Crippen LogP contribution in [-0.2, 0) is 5.33 Å². The van der Waals surface area contributed by atoms with Gasteiger partial charge in [0.25, 0.3) is 0 Å². The first-order valence-electron chi connectivity index (χ1n) is 5.75. The minimum Gasteiger partial charge on any atom is -0.367 e. The lowest BCUT2D eigenvalue weighted by atomic mass is 10.1. The molecule has 0 N–H and O–H groups in total. The molecule has 1 heterocycles. The van der Waals surface area contributed by atoms with E-state index in [-0.39, 0.29) is 0 Å². The normalized spacial score (nSPS) is 25.8. The maximum absolute atomic E-state index is 3.48. The van der Waals surface area contributed by atoms with Crippen LogP contribution in [0.2, 0.25) is 0 Å². The third-order valence-corrected chi connectivity index (χ3v) is 5.29. The number of alkyl halides is 1. The van der Waals surface area contributed by atoms with Gasteiger partial charge < -0.3 is 4.90 Å². The van der Waals surface area contributed by atoms with Gasteiger partial charge >= 0.3 is 0 Å². The van der Waals surface area contributed by atoms with Crippen LogP contribution in [0.3, 0.4) is 0 Å². The molecule has 1 nitrogen and oxygen atoms in total. The first-order chi connectivity index (χ1) is 7.72. The molecule has 0 radical (unpaired) electrons. The van der Waals surface area contributed by atoms with Crippen LogP contribution in [0.4, 0.5) is 5.69 Å². The van der Waals surface area contributed by atoms with Gasteiger partial charge in [-0.1, -0.05) is 35.0 Å². The molecule has 88 valence electrons. The fraction of sp³-hybridized carbons (Fsp3) is 0.538. The molecule has 1 aromatic rings. The molecule has 1 aromatic carbocycles.